The molecule has 6 nitrogen and oxygen atoms in total. The largest absolute Gasteiger partial charge is 0.466 e. The van der Waals surface area contributed by atoms with Crippen LogP contribution in [0.2, 0.25) is 5.02 Å². The zero-order valence-corrected chi connectivity index (χ0v) is 12.1. The maximum absolute atomic E-state index is 11.6. The summed E-state index contributed by atoms with van der Waals surface area (Å²) >= 11 is 5.89. The van der Waals surface area contributed by atoms with Crippen molar-refractivity contribution in [1.82, 2.24) is 0 Å². The van der Waals surface area contributed by atoms with Crippen LogP contribution in [0.1, 0.15) is 25.0 Å². The molecule has 0 bridgehead atoms. The van der Waals surface area contributed by atoms with Crippen molar-refractivity contribution in [2.75, 3.05) is 13.2 Å². The van der Waals surface area contributed by atoms with Gasteiger partial charge in [0, 0.05) is 15.3 Å². The molecule has 1 aromatic heterocycles. The van der Waals surface area contributed by atoms with E-state index in [1.165, 1.54) is 0 Å². The molecular weight excluding hydrogens is 298 g/mol. The first-order valence-electron chi connectivity index (χ1n) is 6.46. The highest BCUT2D eigenvalue weighted by Gasteiger charge is 2.25. The van der Waals surface area contributed by atoms with Gasteiger partial charge in [0.2, 0.25) is 6.54 Å². The molecule has 0 N–H and O–H groups in total. The van der Waals surface area contributed by atoms with E-state index in [1.54, 1.807) is 31.2 Å². The first-order chi connectivity index (χ1) is 9.99. The fraction of sp³-hybridized carbons (Fsp3) is 0.357. The second kappa shape index (κ2) is 6.58. The molecule has 1 unspecified atom stereocenters. The normalized spacial score (nSPS) is 12.3. The van der Waals surface area contributed by atoms with Gasteiger partial charge >= 0.3 is 5.97 Å². The van der Waals surface area contributed by atoms with Crippen LogP contribution < -0.4 is 0 Å². The second-order valence-corrected chi connectivity index (χ2v) is 4.99. The van der Waals surface area contributed by atoms with Gasteiger partial charge < -0.3 is 9.15 Å². The Kier molecular flexibility index (Phi) is 4.80. The van der Waals surface area contributed by atoms with Gasteiger partial charge in [-0.15, -0.1) is 0 Å². The lowest BCUT2D eigenvalue weighted by Gasteiger charge is -2.09. The number of hydrogen-bond acceptors (Lipinski definition) is 5. The molecule has 0 aliphatic rings. The molecule has 0 fully saturated rings. The van der Waals surface area contributed by atoms with E-state index < -0.39 is 23.4 Å². The van der Waals surface area contributed by atoms with E-state index in [9.17, 15) is 14.9 Å². The molecule has 0 aliphatic heterocycles. The maximum Gasteiger partial charge on any atom is 0.306 e. The van der Waals surface area contributed by atoms with Gasteiger partial charge in [0.05, 0.1) is 18.9 Å². The van der Waals surface area contributed by atoms with E-state index in [1.807, 2.05) is 0 Å². The van der Waals surface area contributed by atoms with Crippen LogP contribution in [-0.4, -0.2) is 24.0 Å². The van der Waals surface area contributed by atoms with Crippen LogP contribution in [0.25, 0.3) is 11.0 Å². The Hall–Kier alpha value is -2.08. The minimum Gasteiger partial charge on any atom is -0.466 e. The van der Waals surface area contributed by atoms with Gasteiger partial charge in [-0.1, -0.05) is 11.6 Å². The lowest BCUT2D eigenvalue weighted by atomic mass is 10.0. The summed E-state index contributed by atoms with van der Waals surface area (Å²) in [5.41, 5.74) is 0.576. The summed E-state index contributed by atoms with van der Waals surface area (Å²) < 4.78 is 10.4. The quantitative estimate of drug-likeness (QED) is 0.464. The minimum absolute atomic E-state index is 0.0949. The highest BCUT2D eigenvalue weighted by molar-refractivity contribution is 6.31. The molecule has 2 aromatic rings. The van der Waals surface area contributed by atoms with Crippen molar-refractivity contribution in [3.8, 4) is 0 Å². The van der Waals surface area contributed by atoms with Gasteiger partial charge in [0.15, 0.2) is 0 Å². The summed E-state index contributed by atoms with van der Waals surface area (Å²) in [6, 6.07) is 6.74. The van der Waals surface area contributed by atoms with Crippen molar-refractivity contribution in [2.45, 2.75) is 19.3 Å². The molecule has 1 heterocycles. The number of nitrogens with zero attached hydrogens (tertiary/aromatic N) is 1. The average Bonchev–Trinajstić information content (AvgIpc) is 2.80. The monoisotopic (exact) mass is 311 g/mol. The van der Waals surface area contributed by atoms with E-state index in [4.69, 9.17) is 20.8 Å². The molecule has 0 aliphatic carbocycles. The van der Waals surface area contributed by atoms with Crippen LogP contribution in [0.4, 0.5) is 0 Å². The maximum atomic E-state index is 11.6. The summed E-state index contributed by atoms with van der Waals surface area (Å²) in [7, 11) is 0. The Bertz CT molecular complexity index is 666. The van der Waals surface area contributed by atoms with Gasteiger partial charge in [-0.25, -0.2) is 0 Å². The highest BCUT2D eigenvalue weighted by Crippen LogP contribution is 2.29. The SMILES string of the molecule is CCOC(=O)CC(C[N+](=O)[O-])c1cc2cc(Cl)ccc2o1. The molecule has 112 valence electrons. The first-order valence-corrected chi connectivity index (χ1v) is 6.83. The summed E-state index contributed by atoms with van der Waals surface area (Å²) in [6.07, 6.45) is -0.0949. The average molecular weight is 312 g/mol. The third-order valence-corrected chi connectivity index (χ3v) is 3.22. The molecular formula is C14H14ClNO5. The molecule has 1 atom stereocenters. The number of ether oxygens (including phenoxy) is 1. The van der Waals surface area contributed by atoms with Gasteiger partial charge in [0.1, 0.15) is 11.3 Å². The third-order valence-electron chi connectivity index (χ3n) is 2.99. The zero-order chi connectivity index (χ0) is 15.4. The molecule has 1 aromatic carbocycles. The molecule has 0 radical (unpaired) electrons. The highest BCUT2D eigenvalue weighted by atomic mass is 35.5. The van der Waals surface area contributed by atoms with Crippen LogP contribution in [-0.2, 0) is 9.53 Å². The van der Waals surface area contributed by atoms with Crippen molar-refractivity contribution < 1.29 is 18.9 Å². The number of halogens is 1. The number of esters is 1. The number of fused-ring (bicyclic) bond motifs is 1. The summed E-state index contributed by atoms with van der Waals surface area (Å²) in [6.45, 7) is 1.52. The van der Waals surface area contributed by atoms with Gasteiger partial charge in [-0.2, -0.15) is 0 Å². The lowest BCUT2D eigenvalue weighted by Crippen LogP contribution is -2.17. The predicted molar refractivity (Wildman–Crippen MR) is 77.1 cm³/mol. The van der Waals surface area contributed by atoms with Gasteiger partial charge in [-0.05, 0) is 31.2 Å². The Balaban J connectivity index is 2.28. The minimum atomic E-state index is -0.662. The third kappa shape index (κ3) is 3.95. The van der Waals surface area contributed by atoms with E-state index in [0.29, 0.717) is 16.4 Å². The molecule has 2 rings (SSSR count). The van der Waals surface area contributed by atoms with Crippen molar-refractivity contribution in [3.05, 3.63) is 45.2 Å². The Morgan fingerprint density at radius 1 is 1.48 bits per heavy atom. The molecule has 0 amide bonds. The number of rotatable bonds is 6. The van der Waals surface area contributed by atoms with Crippen molar-refractivity contribution >= 4 is 28.5 Å². The van der Waals surface area contributed by atoms with Crippen molar-refractivity contribution in [3.63, 3.8) is 0 Å². The van der Waals surface area contributed by atoms with Crippen LogP contribution in [0.3, 0.4) is 0 Å². The second-order valence-electron chi connectivity index (χ2n) is 4.55. The van der Waals surface area contributed by atoms with Crippen molar-refractivity contribution in [1.29, 1.82) is 0 Å². The van der Waals surface area contributed by atoms with E-state index in [0.717, 1.165) is 5.39 Å². The summed E-state index contributed by atoms with van der Waals surface area (Å²) in [5, 5.41) is 12.1. The standard InChI is InChI=1S/C14H14ClNO5/c1-2-20-14(17)7-10(8-16(18)19)13-6-9-5-11(15)3-4-12(9)21-13/h3-6,10H,2,7-8H2,1H3. The van der Waals surface area contributed by atoms with E-state index >= 15 is 0 Å². The molecule has 0 saturated carbocycles. The number of nitro groups is 1. The molecule has 0 saturated heterocycles. The smallest absolute Gasteiger partial charge is 0.306 e. The number of benzene rings is 1. The Morgan fingerprint density at radius 3 is 2.90 bits per heavy atom. The van der Waals surface area contributed by atoms with Crippen LogP contribution in [0.15, 0.2) is 28.7 Å². The number of carbonyl (C=O) groups is 1. The van der Waals surface area contributed by atoms with Crippen LogP contribution >= 0.6 is 11.6 Å². The summed E-state index contributed by atoms with van der Waals surface area (Å²) in [5.74, 6) is -0.759. The lowest BCUT2D eigenvalue weighted by molar-refractivity contribution is -0.483. The van der Waals surface area contributed by atoms with E-state index in [-0.39, 0.29) is 13.0 Å². The number of hydrogen-bond donors (Lipinski definition) is 0. The zero-order valence-electron chi connectivity index (χ0n) is 11.4. The van der Waals surface area contributed by atoms with Crippen LogP contribution in [0.5, 0.6) is 0 Å². The molecule has 0 spiro atoms. The van der Waals surface area contributed by atoms with Gasteiger partial charge in [0.25, 0.3) is 0 Å². The van der Waals surface area contributed by atoms with E-state index in [2.05, 4.69) is 0 Å². The Labute approximate surface area is 125 Å². The van der Waals surface area contributed by atoms with Crippen LogP contribution in [0, 0.1) is 10.1 Å². The fourth-order valence-electron chi connectivity index (χ4n) is 2.09. The van der Waals surface area contributed by atoms with Gasteiger partial charge in [-0.3, -0.25) is 14.9 Å². The number of furan rings is 1. The topological polar surface area (TPSA) is 82.6 Å². The summed E-state index contributed by atoms with van der Waals surface area (Å²) in [4.78, 5) is 21.9. The van der Waals surface area contributed by atoms with Crippen molar-refractivity contribution in [2.24, 2.45) is 0 Å². The predicted octanol–water partition coefficient (Wildman–Crippen LogP) is 3.40. The number of carbonyl (C=O) groups excluding carboxylic acids is 1. The molecule has 21 heavy (non-hydrogen) atoms. The Morgan fingerprint density at radius 2 is 2.24 bits per heavy atom. The first kappa shape index (κ1) is 15.3. The fourth-order valence-corrected chi connectivity index (χ4v) is 2.27. The molecule has 7 heteroatoms.